The predicted molar refractivity (Wildman–Crippen MR) is 101 cm³/mol. The van der Waals surface area contributed by atoms with Crippen LogP contribution in [0.25, 0.3) is 5.69 Å². The van der Waals surface area contributed by atoms with Crippen molar-refractivity contribution in [1.82, 2.24) is 15.1 Å². The molecular formula is C19H16FN3O4S. The molecule has 0 saturated heterocycles. The van der Waals surface area contributed by atoms with Crippen LogP contribution in [0.15, 0.2) is 76.4 Å². The lowest BCUT2D eigenvalue weighted by Crippen LogP contribution is -2.32. The molecule has 1 heterocycles. The summed E-state index contributed by atoms with van der Waals surface area (Å²) in [6, 6.07) is 15.4. The van der Waals surface area contributed by atoms with Gasteiger partial charge in [-0.2, -0.15) is 9.78 Å². The molecule has 144 valence electrons. The lowest BCUT2D eigenvalue weighted by molar-refractivity contribution is 0.0949. The zero-order valence-electron chi connectivity index (χ0n) is 14.6. The van der Waals surface area contributed by atoms with Gasteiger partial charge < -0.3 is 5.32 Å². The van der Waals surface area contributed by atoms with E-state index in [-0.39, 0.29) is 22.9 Å². The van der Waals surface area contributed by atoms with Crippen LogP contribution < -0.4 is 10.9 Å². The average Bonchev–Trinajstić information content (AvgIpc) is 2.69. The highest BCUT2D eigenvalue weighted by atomic mass is 32.2. The third kappa shape index (κ3) is 4.49. The van der Waals surface area contributed by atoms with Crippen LogP contribution in [0.4, 0.5) is 4.39 Å². The summed E-state index contributed by atoms with van der Waals surface area (Å²) in [5, 5.41) is 6.44. The average molecular weight is 401 g/mol. The van der Waals surface area contributed by atoms with Gasteiger partial charge in [0.15, 0.2) is 9.84 Å². The molecule has 0 radical (unpaired) electrons. The molecule has 1 aromatic heterocycles. The minimum atomic E-state index is -3.53. The monoisotopic (exact) mass is 401 g/mol. The van der Waals surface area contributed by atoms with E-state index in [2.05, 4.69) is 10.4 Å². The fourth-order valence-corrected chi connectivity index (χ4v) is 3.61. The third-order valence-corrected chi connectivity index (χ3v) is 5.59. The molecule has 0 aliphatic carbocycles. The van der Waals surface area contributed by atoms with E-state index in [4.69, 9.17) is 0 Å². The van der Waals surface area contributed by atoms with Crippen molar-refractivity contribution >= 4 is 15.7 Å². The third-order valence-electron chi connectivity index (χ3n) is 3.86. The second kappa shape index (κ2) is 8.13. The molecule has 0 bridgehead atoms. The van der Waals surface area contributed by atoms with Crippen LogP contribution in [0.5, 0.6) is 0 Å². The maximum atomic E-state index is 13.0. The minimum Gasteiger partial charge on any atom is -0.350 e. The van der Waals surface area contributed by atoms with E-state index in [1.807, 2.05) is 0 Å². The van der Waals surface area contributed by atoms with Crippen LogP contribution in [0.3, 0.4) is 0 Å². The molecule has 3 rings (SSSR count). The zero-order chi connectivity index (χ0) is 20.1. The number of nitrogens with zero attached hydrogens (tertiary/aromatic N) is 2. The molecular weight excluding hydrogens is 385 g/mol. The van der Waals surface area contributed by atoms with Crippen LogP contribution >= 0.6 is 0 Å². The first-order chi connectivity index (χ1) is 13.4. The molecule has 1 N–H and O–H groups in total. The Hall–Kier alpha value is -3.33. The van der Waals surface area contributed by atoms with E-state index in [0.29, 0.717) is 5.69 Å². The van der Waals surface area contributed by atoms with Crippen LogP contribution in [-0.2, 0) is 9.84 Å². The van der Waals surface area contributed by atoms with Crippen molar-refractivity contribution in [2.45, 2.75) is 4.90 Å². The lowest BCUT2D eigenvalue weighted by atomic mass is 10.3. The second-order valence-electron chi connectivity index (χ2n) is 5.83. The quantitative estimate of drug-likeness (QED) is 0.676. The second-order valence-corrected chi connectivity index (χ2v) is 7.94. The Labute approximate surface area is 160 Å². The van der Waals surface area contributed by atoms with Gasteiger partial charge in [-0.05, 0) is 42.5 Å². The first kappa shape index (κ1) is 19.4. The largest absolute Gasteiger partial charge is 0.350 e. The Morgan fingerprint density at radius 1 is 1.00 bits per heavy atom. The summed E-state index contributed by atoms with van der Waals surface area (Å²) in [6.07, 6.45) is 0. The van der Waals surface area contributed by atoms with Crippen LogP contribution in [0.1, 0.15) is 10.5 Å². The standard InChI is InChI=1S/C19H16FN3O4S/c20-14-6-8-15(9-7-14)23-18(24)11-10-17(22-23)19(25)21-12-13-28(26,27)16-4-2-1-3-5-16/h1-11H,12-13H2,(H,21,25). The number of rotatable bonds is 6. The Balaban J connectivity index is 1.70. The minimum absolute atomic E-state index is 0.0685. The van der Waals surface area contributed by atoms with Gasteiger partial charge >= 0.3 is 0 Å². The molecule has 0 spiro atoms. The van der Waals surface area contributed by atoms with E-state index >= 15 is 0 Å². The zero-order valence-corrected chi connectivity index (χ0v) is 15.4. The Morgan fingerprint density at radius 2 is 1.68 bits per heavy atom. The molecule has 1 amide bonds. The Morgan fingerprint density at radius 3 is 2.36 bits per heavy atom. The Bertz CT molecular complexity index is 1140. The van der Waals surface area contributed by atoms with Crippen LogP contribution in [0.2, 0.25) is 0 Å². The number of halogens is 1. The number of sulfone groups is 1. The van der Waals surface area contributed by atoms with Gasteiger partial charge in [-0.15, -0.1) is 0 Å². The summed E-state index contributed by atoms with van der Waals surface area (Å²) in [6.45, 7) is -0.118. The summed E-state index contributed by atoms with van der Waals surface area (Å²) >= 11 is 0. The van der Waals surface area contributed by atoms with Crippen LogP contribution in [-0.4, -0.2) is 36.4 Å². The lowest BCUT2D eigenvalue weighted by Gasteiger charge is -2.08. The highest BCUT2D eigenvalue weighted by Crippen LogP contribution is 2.09. The predicted octanol–water partition coefficient (Wildman–Crippen LogP) is 1.58. The molecule has 0 aliphatic rings. The van der Waals surface area contributed by atoms with Crippen LogP contribution in [0, 0.1) is 5.82 Å². The smallest absolute Gasteiger partial charge is 0.271 e. The number of aromatic nitrogens is 2. The van der Waals surface area contributed by atoms with Crippen molar-refractivity contribution in [3.63, 3.8) is 0 Å². The van der Waals surface area contributed by atoms with Crippen molar-refractivity contribution in [3.05, 3.63) is 88.6 Å². The van der Waals surface area contributed by atoms with E-state index in [1.54, 1.807) is 18.2 Å². The summed E-state index contributed by atoms with van der Waals surface area (Å²) in [7, 11) is -3.53. The summed E-state index contributed by atoms with van der Waals surface area (Å²) in [5.41, 5.74) is -0.261. The number of hydrogen-bond acceptors (Lipinski definition) is 5. The van der Waals surface area contributed by atoms with Crippen molar-refractivity contribution in [2.24, 2.45) is 0 Å². The molecule has 0 atom stereocenters. The van der Waals surface area contributed by atoms with Gasteiger partial charge in [-0.25, -0.2) is 12.8 Å². The topological polar surface area (TPSA) is 98.1 Å². The molecule has 3 aromatic rings. The molecule has 9 heteroatoms. The molecule has 0 aliphatic heterocycles. The summed E-state index contributed by atoms with van der Waals surface area (Å²) in [4.78, 5) is 24.4. The van der Waals surface area contributed by atoms with Crippen molar-refractivity contribution in [3.8, 4) is 5.69 Å². The first-order valence-electron chi connectivity index (χ1n) is 8.29. The van der Waals surface area contributed by atoms with Crippen molar-refractivity contribution < 1.29 is 17.6 Å². The van der Waals surface area contributed by atoms with E-state index in [0.717, 1.165) is 10.7 Å². The number of hydrogen-bond donors (Lipinski definition) is 1. The van der Waals surface area contributed by atoms with Gasteiger partial charge in [0.05, 0.1) is 16.3 Å². The normalized spacial score (nSPS) is 11.2. The highest BCUT2D eigenvalue weighted by molar-refractivity contribution is 7.91. The Kier molecular flexibility index (Phi) is 5.65. The van der Waals surface area contributed by atoms with Crippen molar-refractivity contribution in [2.75, 3.05) is 12.3 Å². The molecule has 28 heavy (non-hydrogen) atoms. The number of nitrogens with one attached hydrogen (secondary N) is 1. The summed E-state index contributed by atoms with van der Waals surface area (Å²) in [5.74, 6) is -1.37. The molecule has 0 saturated carbocycles. The van der Waals surface area contributed by atoms with Gasteiger partial charge in [0, 0.05) is 12.6 Å². The van der Waals surface area contributed by atoms with Crippen molar-refractivity contribution in [1.29, 1.82) is 0 Å². The SMILES string of the molecule is O=C(NCCS(=O)(=O)c1ccccc1)c1ccc(=O)n(-c2ccc(F)cc2)n1. The van der Waals surface area contributed by atoms with E-state index in [9.17, 15) is 22.4 Å². The fraction of sp³-hybridized carbons (Fsp3) is 0.105. The fourth-order valence-electron chi connectivity index (χ4n) is 2.43. The number of carbonyl (C=O) groups excluding carboxylic acids is 1. The number of amides is 1. The van der Waals surface area contributed by atoms with Gasteiger partial charge in [0.25, 0.3) is 11.5 Å². The molecule has 7 nitrogen and oxygen atoms in total. The molecule has 0 unspecified atom stereocenters. The van der Waals surface area contributed by atoms with Gasteiger partial charge in [0.2, 0.25) is 0 Å². The maximum absolute atomic E-state index is 13.0. The molecule has 2 aromatic carbocycles. The highest BCUT2D eigenvalue weighted by Gasteiger charge is 2.15. The van der Waals surface area contributed by atoms with E-state index in [1.165, 1.54) is 42.5 Å². The van der Waals surface area contributed by atoms with Gasteiger partial charge in [-0.3, -0.25) is 9.59 Å². The molecule has 0 fully saturated rings. The first-order valence-corrected chi connectivity index (χ1v) is 9.94. The number of benzene rings is 2. The van der Waals surface area contributed by atoms with E-state index < -0.39 is 27.1 Å². The number of carbonyl (C=O) groups is 1. The van der Waals surface area contributed by atoms with Gasteiger partial charge in [0.1, 0.15) is 11.5 Å². The van der Waals surface area contributed by atoms with Gasteiger partial charge in [-0.1, -0.05) is 18.2 Å². The summed E-state index contributed by atoms with van der Waals surface area (Å²) < 4.78 is 38.5. The maximum Gasteiger partial charge on any atom is 0.271 e.